The van der Waals surface area contributed by atoms with Crippen LogP contribution in [0.1, 0.15) is 0 Å². The van der Waals surface area contributed by atoms with Crippen LogP contribution < -0.4 is 4.90 Å². The van der Waals surface area contributed by atoms with Crippen LogP contribution in [0, 0.1) is 0 Å². The van der Waals surface area contributed by atoms with Crippen molar-refractivity contribution in [2.24, 2.45) is 0 Å². The van der Waals surface area contributed by atoms with Crippen LogP contribution in [0.25, 0.3) is 64.0 Å². The standard InChI is InChI=1S/C44H29NS/c1-2-10-30(11-3-1)34-14-8-16-38(27-34)45(37-24-22-32(23-25-37)35-21-20-31-12-4-5-13-33(31)26-35)42-18-9-15-36-28-41-39-17-6-7-19-43(39)46-44(41)29-40(36)42/h1-29H. The minimum atomic E-state index is 1.12. The Morgan fingerprint density at radius 1 is 0.326 bits per heavy atom. The third-order valence-electron chi connectivity index (χ3n) is 9.02. The van der Waals surface area contributed by atoms with Gasteiger partial charge in [-0.05, 0) is 93.0 Å². The summed E-state index contributed by atoms with van der Waals surface area (Å²) in [4.78, 5) is 2.41. The van der Waals surface area contributed by atoms with Crippen LogP contribution in [0.2, 0.25) is 0 Å². The van der Waals surface area contributed by atoms with Gasteiger partial charge < -0.3 is 4.90 Å². The number of fused-ring (bicyclic) bond motifs is 5. The highest BCUT2D eigenvalue weighted by atomic mass is 32.1. The van der Waals surface area contributed by atoms with Crippen LogP contribution in [0.4, 0.5) is 17.1 Å². The molecule has 0 N–H and O–H groups in total. The summed E-state index contributed by atoms with van der Waals surface area (Å²) in [5, 5.41) is 7.65. The van der Waals surface area contributed by atoms with Crippen LogP contribution >= 0.6 is 11.3 Å². The molecule has 0 amide bonds. The normalized spacial score (nSPS) is 11.5. The smallest absolute Gasteiger partial charge is 0.0540 e. The van der Waals surface area contributed by atoms with Gasteiger partial charge in [0.25, 0.3) is 0 Å². The molecule has 0 saturated heterocycles. The minimum absolute atomic E-state index is 1.12. The van der Waals surface area contributed by atoms with Crippen molar-refractivity contribution in [3.05, 3.63) is 176 Å². The van der Waals surface area contributed by atoms with Gasteiger partial charge in [-0.2, -0.15) is 0 Å². The van der Waals surface area contributed by atoms with Crippen LogP contribution in [0.5, 0.6) is 0 Å². The van der Waals surface area contributed by atoms with Gasteiger partial charge in [0.2, 0.25) is 0 Å². The van der Waals surface area contributed by atoms with Gasteiger partial charge in [-0.25, -0.2) is 0 Å². The van der Waals surface area contributed by atoms with Crippen LogP contribution in [-0.2, 0) is 0 Å². The summed E-state index contributed by atoms with van der Waals surface area (Å²) in [6, 6.07) is 64.0. The number of nitrogens with zero attached hydrogens (tertiary/aromatic N) is 1. The van der Waals surface area contributed by atoms with Crippen molar-refractivity contribution in [2.45, 2.75) is 0 Å². The number of hydrogen-bond donors (Lipinski definition) is 0. The molecule has 0 saturated carbocycles. The van der Waals surface area contributed by atoms with Crippen LogP contribution in [-0.4, -0.2) is 0 Å². The number of hydrogen-bond acceptors (Lipinski definition) is 2. The highest BCUT2D eigenvalue weighted by Gasteiger charge is 2.18. The summed E-state index contributed by atoms with van der Waals surface area (Å²) < 4.78 is 2.64. The van der Waals surface area contributed by atoms with E-state index in [1.807, 2.05) is 11.3 Å². The first kappa shape index (κ1) is 26.7. The lowest BCUT2D eigenvalue weighted by Crippen LogP contribution is -2.10. The third-order valence-corrected chi connectivity index (χ3v) is 10.1. The summed E-state index contributed by atoms with van der Waals surface area (Å²) in [6.45, 7) is 0. The molecule has 216 valence electrons. The second-order valence-electron chi connectivity index (χ2n) is 11.8. The molecule has 1 aromatic heterocycles. The minimum Gasteiger partial charge on any atom is -0.310 e. The van der Waals surface area contributed by atoms with E-state index in [4.69, 9.17) is 0 Å². The Morgan fingerprint density at radius 2 is 1.00 bits per heavy atom. The van der Waals surface area contributed by atoms with Gasteiger partial charge in [-0.15, -0.1) is 11.3 Å². The fraction of sp³-hybridized carbons (Fsp3) is 0. The van der Waals surface area contributed by atoms with E-state index < -0.39 is 0 Å². The molecule has 9 rings (SSSR count). The highest BCUT2D eigenvalue weighted by Crippen LogP contribution is 2.44. The van der Waals surface area contributed by atoms with Gasteiger partial charge in [-0.1, -0.05) is 121 Å². The molecule has 0 aliphatic heterocycles. The highest BCUT2D eigenvalue weighted by molar-refractivity contribution is 7.25. The van der Waals surface area contributed by atoms with E-state index in [1.54, 1.807) is 0 Å². The molecule has 0 spiro atoms. The average molecular weight is 604 g/mol. The van der Waals surface area contributed by atoms with E-state index >= 15 is 0 Å². The molecule has 2 heteroatoms. The Kier molecular flexibility index (Phi) is 6.40. The predicted octanol–water partition coefficient (Wildman–Crippen LogP) is 13.2. The monoisotopic (exact) mass is 603 g/mol. The van der Waals surface area contributed by atoms with Crippen LogP contribution in [0.3, 0.4) is 0 Å². The molecule has 0 aliphatic carbocycles. The van der Waals surface area contributed by atoms with Gasteiger partial charge in [-0.3, -0.25) is 0 Å². The van der Waals surface area contributed by atoms with E-state index in [9.17, 15) is 0 Å². The van der Waals surface area contributed by atoms with Gasteiger partial charge in [0.05, 0.1) is 5.69 Å². The lowest BCUT2D eigenvalue weighted by Gasteiger charge is -2.27. The maximum atomic E-state index is 2.41. The fourth-order valence-corrected chi connectivity index (χ4v) is 7.86. The molecule has 0 bridgehead atoms. The second kappa shape index (κ2) is 11.0. The molecule has 0 aliphatic rings. The molecule has 0 fully saturated rings. The van der Waals surface area contributed by atoms with E-state index in [1.165, 1.54) is 69.7 Å². The van der Waals surface area contributed by atoms with Gasteiger partial charge in [0, 0.05) is 36.9 Å². The Balaban J connectivity index is 1.22. The molecule has 1 nitrogen and oxygen atoms in total. The molecule has 0 atom stereocenters. The number of rotatable bonds is 5. The Bertz CT molecular complexity index is 2530. The Morgan fingerprint density at radius 3 is 1.89 bits per heavy atom. The van der Waals surface area contributed by atoms with E-state index in [2.05, 4.69) is 181 Å². The first-order valence-corrected chi connectivity index (χ1v) is 16.5. The lowest BCUT2D eigenvalue weighted by atomic mass is 10.00. The van der Waals surface area contributed by atoms with Gasteiger partial charge in [0.1, 0.15) is 0 Å². The maximum Gasteiger partial charge on any atom is 0.0540 e. The summed E-state index contributed by atoms with van der Waals surface area (Å²) in [5.41, 5.74) is 8.25. The average Bonchev–Trinajstić information content (AvgIpc) is 3.49. The summed E-state index contributed by atoms with van der Waals surface area (Å²) >= 11 is 1.87. The van der Waals surface area contributed by atoms with Gasteiger partial charge >= 0.3 is 0 Å². The van der Waals surface area contributed by atoms with Gasteiger partial charge in [0.15, 0.2) is 0 Å². The number of thiophene rings is 1. The summed E-state index contributed by atoms with van der Waals surface area (Å²) in [6.07, 6.45) is 0. The zero-order chi connectivity index (χ0) is 30.5. The number of benzene rings is 8. The van der Waals surface area contributed by atoms with Crippen molar-refractivity contribution in [2.75, 3.05) is 4.90 Å². The van der Waals surface area contributed by atoms with Crippen molar-refractivity contribution in [3.8, 4) is 22.3 Å². The zero-order valence-electron chi connectivity index (χ0n) is 25.1. The van der Waals surface area contributed by atoms with Crippen molar-refractivity contribution in [1.29, 1.82) is 0 Å². The Labute approximate surface area is 272 Å². The third kappa shape index (κ3) is 4.63. The summed E-state index contributed by atoms with van der Waals surface area (Å²) in [7, 11) is 0. The molecule has 9 aromatic rings. The lowest BCUT2D eigenvalue weighted by molar-refractivity contribution is 1.30. The largest absolute Gasteiger partial charge is 0.310 e. The quantitative estimate of drug-likeness (QED) is 0.189. The first-order chi connectivity index (χ1) is 22.8. The molecule has 0 unspecified atom stereocenters. The zero-order valence-corrected chi connectivity index (χ0v) is 25.9. The fourth-order valence-electron chi connectivity index (χ4n) is 6.73. The van der Waals surface area contributed by atoms with E-state index in [0.29, 0.717) is 0 Å². The molecular formula is C44H29NS. The van der Waals surface area contributed by atoms with Crippen molar-refractivity contribution < 1.29 is 0 Å². The molecule has 0 radical (unpaired) electrons. The molecule has 1 heterocycles. The van der Waals surface area contributed by atoms with Crippen molar-refractivity contribution in [1.82, 2.24) is 0 Å². The predicted molar refractivity (Wildman–Crippen MR) is 200 cm³/mol. The molecule has 46 heavy (non-hydrogen) atoms. The van der Waals surface area contributed by atoms with Crippen molar-refractivity contribution >= 4 is 70.1 Å². The second-order valence-corrected chi connectivity index (χ2v) is 12.9. The maximum absolute atomic E-state index is 2.41. The topological polar surface area (TPSA) is 3.24 Å². The Hall–Kier alpha value is -5.70. The molecule has 8 aromatic carbocycles. The van der Waals surface area contributed by atoms with E-state index in [0.717, 1.165) is 11.4 Å². The van der Waals surface area contributed by atoms with Crippen molar-refractivity contribution in [3.63, 3.8) is 0 Å². The van der Waals surface area contributed by atoms with E-state index in [-0.39, 0.29) is 0 Å². The van der Waals surface area contributed by atoms with Crippen LogP contribution in [0.15, 0.2) is 176 Å². The number of anilines is 3. The SMILES string of the molecule is c1ccc(-c2cccc(N(c3ccc(-c4ccc5ccccc5c4)cc3)c3cccc4cc5c(cc34)sc3ccccc35)c2)cc1. The molecular weight excluding hydrogens is 575 g/mol. The summed E-state index contributed by atoms with van der Waals surface area (Å²) in [5.74, 6) is 0. The first-order valence-electron chi connectivity index (χ1n) is 15.7.